The van der Waals surface area contributed by atoms with Crippen molar-refractivity contribution in [3.8, 4) is 0 Å². The molecular formula is C58H109NO3. The lowest BCUT2D eigenvalue weighted by molar-refractivity contribution is -0.123. The number of amides is 1. The molecule has 0 rings (SSSR count). The van der Waals surface area contributed by atoms with Crippen molar-refractivity contribution < 1.29 is 15.0 Å². The maximum absolute atomic E-state index is 12.5. The highest BCUT2D eigenvalue weighted by molar-refractivity contribution is 5.76. The van der Waals surface area contributed by atoms with E-state index in [9.17, 15) is 15.0 Å². The zero-order chi connectivity index (χ0) is 44.9. The second-order valence-electron chi connectivity index (χ2n) is 19.0. The molecule has 4 nitrogen and oxygen atoms in total. The first-order valence-corrected chi connectivity index (χ1v) is 27.9. The highest BCUT2D eigenvalue weighted by Gasteiger charge is 2.18. The Labute approximate surface area is 388 Å². The summed E-state index contributed by atoms with van der Waals surface area (Å²) in [5.74, 6) is -0.0689. The zero-order valence-electron chi connectivity index (χ0n) is 41.9. The first kappa shape index (κ1) is 60.4. The van der Waals surface area contributed by atoms with E-state index in [1.807, 2.05) is 6.08 Å². The van der Waals surface area contributed by atoms with E-state index in [1.54, 1.807) is 6.08 Å². The number of carbonyl (C=O) groups excluding carboxylic acids is 1. The molecule has 0 spiro atoms. The van der Waals surface area contributed by atoms with Crippen LogP contribution in [0.1, 0.15) is 296 Å². The normalized spacial score (nSPS) is 13.2. The lowest BCUT2D eigenvalue weighted by Gasteiger charge is -2.20. The van der Waals surface area contributed by atoms with Gasteiger partial charge in [0.15, 0.2) is 0 Å². The van der Waals surface area contributed by atoms with Gasteiger partial charge in [-0.3, -0.25) is 4.79 Å². The summed E-state index contributed by atoms with van der Waals surface area (Å²) in [6, 6.07) is -0.629. The molecular weight excluding hydrogens is 759 g/mol. The van der Waals surface area contributed by atoms with E-state index in [4.69, 9.17) is 0 Å². The molecule has 0 saturated heterocycles. The number of hydrogen-bond acceptors (Lipinski definition) is 3. The Morgan fingerprint density at radius 1 is 0.387 bits per heavy atom. The summed E-state index contributed by atoms with van der Waals surface area (Å²) < 4.78 is 0. The van der Waals surface area contributed by atoms with Crippen LogP contribution in [0.25, 0.3) is 0 Å². The highest BCUT2D eigenvalue weighted by atomic mass is 16.3. The Balaban J connectivity index is 3.52. The fourth-order valence-electron chi connectivity index (χ4n) is 8.54. The Morgan fingerprint density at radius 2 is 0.661 bits per heavy atom. The summed E-state index contributed by atoms with van der Waals surface area (Å²) in [7, 11) is 0. The summed E-state index contributed by atoms with van der Waals surface area (Å²) in [6.07, 6.45) is 74.1. The topological polar surface area (TPSA) is 69.6 Å². The van der Waals surface area contributed by atoms with Crippen LogP contribution in [-0.2, 0) is 4.79 Å². The van der Waals surface area contributed by atoms with Gasteiger partial charge in [0, 0.05) is 6.42 Å². The van der Waals surface area contributed by atoms with Gasteiger partial charge in [0.1, 0.15) is 0 Å². The van der Waals surface area contributed by atoms with Gasteiger partial charge in [-0.1, -0.05) is 281 Å². The van der Waals surface area contributed by atoms with Gasteiger partial charge in [0.25, 0.3) is 0 Å². The van der Waals surface area contributed by atoms with Crippen molar-refractivity contribution in [1.29, 1.82) is 0 Å². The first-order chi connectivity index (χ1) is 30.7. The van der Waals surface area contributed by atoms with Crippen LogP contribution >= 0.6 is 0 Å². The molecule has 0 heterocycles. The second-order valence-corrected chi connectivity index (χ2v) is 19.0. The minimum atomic E-state index is -0.845. The predicted molar refractivity (Wildman–Crippen MR) is 276 cm³/mol. The minimum absolute atomic E-state index is 0.0689. The van der Waals surface area contributed by atoms with Crippen LogP contribution in [-0.4, -0.2) is 34.9 Å². The Bertz CT molecular complexity index is 985. The third-order valence-corrected chi connectivity index (χ3v) is 12.8. The molecule has 0 fully saturated rings. The first-order valence-electron chi connectivity index (χ1n) is 27.9. The molecule has 364 valence electrons. The van der Waals surface area contributed by atoms with Crippen LogP contribution in [0.2, 0.25) is 0 Å². The molecule has 62 heavy (non-hydrogen) atoms. The van der Waals surface area contributed by atoms with Crippen LogP contribution in [0.3, 0.4) is 0 Å². The lowest BCUT2D eigenvalue weighted by atomic mass is 10.0. The van der Waals surface area contributed by atoms with Crippen LogP contribution < -0.4 is 5.32 Å². The third kappa shape index (κ3) is 49.4. The minimum Gasteiger partial charge on any atom is -0.394 e. The average Bonchev–Trinajstić information content (AvgIpc) is 3.28. The third-order valence-electron chi connectivity index (χ3n) is 12.8. The van der Waals surface area contributed by atoms with Crippen molar-refractivity contribution in [1.82, 2.24) is 5.32 Å². The fraction of sp³-hybridized carbons (Fsp3) is 0.845. The number of aliphatic hydroxyl groups excluding tert-OH is 2. The summed E-state index contributed by atoms with van der Waals surface area (Å²) in [5, 5.41) is 23.2. The molecule has 0 aromatic carbocycles. The predicted octanol–water partition coefficient (Wildman–Crippen LogP) is 18.3. The van der Waals surface area contributed by atoms with Gasteiger partial charge >= 0.3 is 0 Å². The Hall–Kier alpha value is -1.65. The molecule has 0 aliphatic carbocycles. The second kappa shape index (κ2) is 53.7. The van der Waals surface area contributed by atoms with Gasteiger partial charge in [-0.15, -0.1) is 0 Å². The summed E-state index contributed by atoms with van der Waals surface area (Å²) >= 11 is 0. The fourth-order valence-corrected chi connectivity index (χ4v) is 8.54. The number of hydrogen-bond donors (Lipinski definition) is 3. The number of aliphatic hydroxyl groups is 2. The number of nitrogens with one attached hydrogen (secondary N) is 1. The quantitative estimate of drug-likeness (QED) is 0.0421. The van der Waals surface area contributed by atoms with Crippen molar-refractivity contribution in [3.05, 3.63) is 48.6 Å². The molecule has 0 radical (unpaired) electrons. The Morgan fingerprint density at radius 3 is 0.984 bits per heavy atom. The van der Waals surface area contributed by atoms with E-state index in [2.05, 4.69) is 55.6 Å². The van der Waals surface area contributed by atoms with Crippen LogP contribution in [0.15, 0.2) is 48.6 Å². The van der Waals surface area contributed by atoms with Crippen molar-refractivity contribution in [2.75, 3.05) is 6.61 Å². The van der Waals surface area contributed by atoms with Crippen LogP contribution in [0.4, 0.5) is 0 Å². The van der Waals surface area contributed by atoms with Gasteiger partial charge in [0.05, 0.1) is 18.8 Å². The van der Waals surface area contributed by atoms with Crippen LogP contribution in [0.5, 0.6) is 0 Å². The zero-order valence-corrected chi connectivity index (χ0v) is 41.9. The number of rotatable bonds is 51. The molecule has 0 aliphatic heterocycles. The molecule has 2 unspecified atom stereocenters. The number of unbranched alkanes of at least 4 members (excludes halogenated alkanes) is 38. The summed E-state index contributed by atoms with van der Waals surface area (Å²) in [6.45, 7) is 4.32. The summed E-state index contributed by atoms with van der Waals surface area (Å²) in [5.41, 5.74) is 0. The maximum Gasteiger partial charge on any atom is 0.220 e. The highest BCUT2D eigenvalue weighted by Crippen LogP contribution is 2.17. The van der Waals surface area contributed by atoms with Crippen molar-refractivity contribution in [2.45, 2.75) is 309 Å². The van der Waals surface area contributed by atoms with Crippen molar-refractivity contribution >= 4 is 5.91 Å². The van der Waals surface area contributed by atoms with Gasteiger partial charge < -0.3 is 15.5 Å². The smallest absolute Gasteiger partial charge is 0.220 e. The van der Waals surface area contributed by atoms with Gasteiger partial charge in [-0.2, -0.15) is 0 Å². The number of carbonyl (C=O) groups is 1. The van der Waals surface area contributed by atoms with E-state index < -0.39 is 12.1 Å². The van der Waals surface area contributed by atoms with E-state index >= 15 is 0 Å². The molecule has 0 bridgehead atoms. The number of allylic oxidation sites excluding steroid dienone is 7. The van der Waals surface area contributed by atoms with E-state index in [0.29, 0.717) is 6.42 Å². The summed E-state index contributed by atoms with van der Waals surface area (Å²) in [4.78, 5) is 12.5. The largest absolute Gasteiger partial charge is 0.394 e. The van der Waals surface area contributed by atoms with Crippen molar-refractivity contribution in [2.24, 2.45) is 0 Å². The molecule has 4 heteroatoms. The van der Waals surface area contributed by atoms with Gasteiger partial charge in [-0.25, -0.2) is 0 Å². The lowest BCUT2D eigenvalue weighted by Crippen LogP contribution is -2.45. The van der Waals surface area contributed by atoms with Crippen molar-refractivity contribution in [3.63, 3.8) is 0 Å². The van der Waals surface area contributed by atoms with Crippen LogP contribution in [0, 0.1) is 0 Å². The van der Waals surface area contributed by atoms with Gasteiger partial charge in [-0.05, 0) is 57.8 Å². The standard InChI is InChI=1S/C58H109NO3/c1-3-5-7-9-11-13-15-17-19-21-23-25-27-28-29-30-32-33-35-37-39-41-43-45-47-49-51-53-57(61)56(55-60)59-58(62)54-52-50-48-46-44-42-40-38-36-34-31-26-24-22-20-18-16-14-12-10-8-6-4-2/h16,18,22,24,31,34,51,53,56-57,60-61H,3-15,17,19-21,23,25-30,32-33,35-50,52,54-55H2,1-2H3,(H,59,62)/b18-16-,24-22-,34-31-,53-51+. The van der Waals surface area contributed by atoms with E-state index in [1.165, 1.54) is 238 Å². The SMILES string of the molecule is CCCCCCC/C=C\C/C=C\C/C=C\CCCCCCCCCCC(=O)NC(CO)C(O)/C=C/CCCCCCCCCCCCCCCCCCCCCCCCCCC. The molecule has 0 saturated carbocycles. The molecule has 3 N–H and O–H groups in total. The van der Waals surface area contributed by atoms with Gasteiger partial charge in [0.2, 0.25) is 5.91 Å². The molecule has 0 aliphatic rings. The molecule has 1 amide bonds. The van der Waals surface area contributed by atoms with E-state index in [0.717, 1.165) is 38.5 Å². The molecule has 0 aromatic rings. The molecule has 0 aromatic heterocycles. The Kier molecular flexibility index (Phi) is 52.3. The molecule has 2 atom stereocenters. The monoisotopic (exact) mass is 868 g/mol. The average molecular weight is 869 g/mol. The van der Waals surface area contributed by atoms with E-state index in [-0.39, 0.29) is 12.5 Å². The maximum atomic E-state index is 12.5.